The van der Waals surface area contributed by atoms with Gasteiger partial charge >= 0.3 is 0 Å². The van der Waals surface area contributed by atoms with Gasteiger partial charge in [0, 0.05) is 13.0 Å². The monoisotopic (exact) mass is 365 g/mol. The molecule has 5 heteroatoms. The topological polar surface area (TPSA) is 56.2 Å². The van der Waals surface area contributed by atoms with Crippen LogP contribution in [0.15, 0.2) is 48.5 Å². The Morgan fingerprint density at radius 2 is 2.04 bits per heavy atom. The van der Waals surface area contributed by atoms with Gasteiger partial charge in [0.1, 0.15) is 11.6 Å². The lowest BCUT2D eigenvalue weighted by molar-refractivity contribution is -0.121. The molecule has 3 rings (SSSR count). The number of ether oxygens (including phenoxy) is 1. The Bertz CT molecular complexity index is 917. The van der Waals surface area contributed by atoms with Crippen molar-refractivity contribution in [3.8, 4) is 5.75 Å². The molecule has 142 valence electrons. The highest BCUT2D eigenvalue weighted by Gasteiger charge is 2.17. The van der Waals surface area contributed by atoms with E-state index < -0.39 is 0 Å². The number of nitrogens with zero attached hydrogens (tertiary/aromatic N) is 2. The number of aromatic nitrogens is 2. The average Bonchev–Trinajstić information content (AvgIpc) is 3.04. The van der Waals surface area contributed by atoms with E-state index in [2.05, 4.69) is 28.9 Å². The smallest absolute Gasteiger partial charge is 0.220 e. The third kappa shape index (κ3) is 4.67. The van der Waals surface area contributed by atoms with Crippen LogP contribution in [-0.4, -0.2) is 22.1 Å². The summed E-state index contributed by atoms with van der Waals surface area (Å²) in [4.78, 5) is 16.6. The SMILES string of the molecule is CCC(=O)NC(C)c1nc2ccccc2n1CCCOc1cccc(C)c1. The van der Waals surface area contributed by atoms with Gasteiger partial charge in [0.2, 0.25) is 5.91 Å². The van der Waals surface area contributed by atoms with Crippen molar-refractivity contribution in [1.29, 1.82) is 0 Å². The first-order valence-corrected chi connectivity index (χ1v) is 9.52. The largest absolute Gasteiger partial charge is 0.494 e. The lowest BCUT2D eigenvalue weighted by Crippen LogP contribution is -2.28. The molecule has 3 aromatic rings. The third-order valence-electron chi connectivity index (χ3n) is 4.55. The molecule has 0 radical (unpaired) electrons. The first-order valence-electron chi connectivity index (χ1n) is 9.52. The molecule has 0 aliphatic carbocycles. The number of imidazole rings is 1. The van der Waals surface area contributed by atoms with Crippen LogP contribution in [0.3, 0.4) is 0 Å². The third-order valence-corrected chi connectivity index (χ3v) is 4.55. The second-order valence-corrected chi connectivity index (χ2v) is 6.77. The number of aryl methyl sites for hydroxylation is 2. The highest BCUT2D eigenvalue weighted by molar-refractivity contribution is 5.77. The first kappa shape index (κ1) is 19.0. The number of carbonyl (C=O) groups is 1. The van der Waals surface area contributed by atoms with Crippen molar-refractivity contribution in [2.24, 2.45) is 0 Å². The van der Waals surface area contributed by atoms with E-state index in [0.29, 0.717) is 13.0 Å². The van der Waals surface area contributed by atoms with Crippen molar-refractivity contribution in [2.45, 2.75) is 46.2 Å². The van der Waals surface area contributed by atoms with E-state index in [0.717, 1.165) is 35.6 Å². The van der Waals surface area contributed by atoms with Crippen LogP contribution in [0.2, 0.25) is 0 Å². The van der Waals surface area contributed by atoms with E-state index in [1.807, 2.05) is 50.2 Å². The van der Waals surface area contributed by atoms with E-state index >= 15 is 0 Å². The van der Waals surface area contributed by atoms with Crippen molar-refractivity contribution in [2.75, 3.05) is 6.61 Å². The Morgan fingerprint density at radius 1 is 1.22 bits per heavy atom. The minimum atomic E-state index is -0.137. The second-order valence-electron chi connectivity index (χ2n) is 6.77. The van der Waals surface area contributed by atoms with E-state index in [-0.39, 0.29) is 11.9 Å². The van der Waals surface area contributed by atoms with Crippen LogP contribution < -0.4 is 10.1 Å². The van der Waals surface area contributed by atoms with Crippen molar-refractivity contribution in [3.05, 3.63) is 59.9 Å². The highest BCUT2D eigenvalue weighted by Crippen LogP contribution is 2.21. The molecule has 0 spiro atoms. The van der Waals surface area contributed by atoms with Gasteiger partial charge in [-0.15, -0.1) is 0 Å². The zero-order chi connectivity index (χ0) is 19.2. The Balaban J connectivity index is 1.72. The summed E-state index contributed by atoms with van der Waals surface area (Å²) < 4.78 is 8.07. The summed E-state index contributed by atoms with van der Waals surface area (Å²) in [6.45, 7) is 7.31. The van der Waals surface area contributed by atoms with E-state index in [4.69, 9.17) is 9.72 Å². The summed E-state index contributed by atoms with van der Waals surface area (Å²) in [7, 11) is 0. The lowest BCUT2D eigenvalue weighted by atomic mass is 10.2. The number of fused-ring (bicyclic) bond motifs is 1. The van der Waals surface area contributed by atoms with Crippen LogP contribution in [0.1, 0.15) is 44.1 Å². The maximum absolute atomic E-state index is 11.8. The Morgan fingerprint density at radius 3 is 2.81 bits per heavy atom. The summed E-state index contributed by atoms with van der Waals surface area (Å²) in [6.07, 6.45) is 1.32. The molecule has 0 saturated heterocycles. The lowest BCUT2D eigenvalue weighted by Gasteiger charge is -2.16. The summed E-state index contributed by atoms with van der Waals surface area (Å²) in [6, 6.07) is 16.0. The quantitative estimate of drug-likeness (QED) is 0.602. The van der Waals surface area contributed by atoms with Crippen LogP contribution in [0, 0.1) is 6.92 Å². The Labute approximate surface area is 160 Å². The normalized spacial score (nSPS) is 12.1. The predicted molar refractivity (Wildman–Crippen MR) is 108 cm³/mol. The molecule has 1 unspecified atom stereocenters. The molecule has 2 aromatic carbocycles. The molecular weight excluding hydrogens is 338 g/mol. The van der Waals surface area contributed by atoms with Crippen molar-refractivity contribution < 1.29 is 9.53 Å². The summed E-state index contributed by atoms with van der Waals surface area (Å²) in [5.74, 6) is 1.81. The molecular formula is C22H27N3O2. The molecule has 0 bridgehead atoms. The summed E-state index contributed by atoms with van der Waals surface area (Å²) >= 11 is 0. The van der Waals surface area contributed by atoms with E-state index in [1.165, 1.54) is 5.56 Å². The standard InChI is InChI=1S/C22H27N3O2/c1-4-21(26)23-17(3)22-24-19-11-5-6-12-20(19)25(22)13-8-14-27-18-10-7-9-16(2)15-18/h5-7,9-12,15,17H,4,8,13-14H2,1-3H3,(H,23,26). The number of carbonyl (C=O) groups excluding carboxylic acids is 1. The second kappa shape index (κ2) is 8.71. The summed E-state index contributed by atoms with van der Waals surface area (Å²) in [5, 5.41) is 3.02. The number of benzene rings is 2. The molecule has 0 saturated carbocycles. The van der Waals surface area contributed by atoms with Gasteiger partial charge in [0.15, 0.2) is 0 Å². The molecule has 1 heterocycles. The summed E-state index contributed by atoms with van der Waals surface area (Å²) in [5.41, 5.74) is 3.22. The fourth-order valence-corrected chi connectivity index (χ4v) is 3.19. The predicted octanol–water partition coefficient (Wildman–Crippen LogP) is 4.40. The maximum Gasteiger partial charge on any atom is 0.220 e. The van der Waals surface area contributed by atoms with Crippen LogP contribution in [0.5, 0.6) is 5.75 Å². The zero-order valence-electron chi connectivity index (χ0n) is 16.2. The molecule has 1 N–H and O–H groups in total. The van der Waals surface area contributed by atoms with Gasteiger partial charge in [-0.05, 0) is 50.1 Å². The number of nitrogens with one attached hydrogen (secondary N) is 1. The van der Waals surface area contributed by atoms with Gasteiger partial charge in [0.25, 0.3) is 0 Å². The maximum atomic E-state index is 11.8. The average molecular weight is 365 g/mol. The van der Waals surface area contributed by atoms with Crippen molar-refractivity contribution in [3.63, 3.8) is 0 Å². The van der Waals surface area contributed by atoms with Gasteiger partial charge < -0.3 is 14.6 Å². The number of rotatable bonds is 8. The minimum Gasteiger partial charge on any atom is -0.494 e. The van der Waals surface area contributed by atoms with Gasteiger partial charge in [-0.3, -0.25) is 4.79 Å². The molecule has 0 aliphatic heterocycles. The van der Waals surface area contributed by atoms with E-state index in [9.17, 15) is 4.79 Å². The van der Waals surface area contributed by atoms with Gasteiger partial charge in [-0.1, -0.05) is 31.2 Å². The molecule has 1 atom stereocenters. The fourth-order valence-electron chi connectivity index (χ4n) is 3.19. The molecule has 5 nitrogen and oxygen atoms in total. The van der Waals surface area contributed by atoms with Crippen molar-refractivity contribution in [1.82, 2.24) is 14.9 Å². The number of hydrogen-bond acceptors (Lipinski definition) is 3. The molecule has 27 heavy (non-hydrogen) atoms. The van der Waals surface area contributed by atoms with Crippen LogP contribution in [0.4, 0.5) is 0 Å². The fraction of sp³-hybridized carbons (Fsp3) is 0.364. The van der Waals surface area contributed by atoms with Crippen LogP contribution in [0.25, 0.3) is 11.0 Å². The van der Waals surface area contributed by atoms with Crippen LogP contribution >= 0.6 is 0 Å². The van der Waals surface area contributed by atoms with Crippen LogP contribution in [-0.2, 0) is 11.3 Å². The molecule has 1 amide bonds. The van der Waals surface area contributed by atoms with Gasteiger partial charge in [-0.2, -0.15) is 0 Å². The number of para-hydroxylation sites is 2. The molecule has 0 aliphatic rings. The molecule has 0 fully saturated rings. The first-order chi connectivity index (χ1) is 13.1. The van der Waals surface area contributed by atoms with Gasteiger partial charge in [-0.25, -0.2) is 4.98 Å². The minimum absolute atomic E-state index is 0.0314. The number of hydrogen-bond donors (Lipinski definition) is 1. The number of amides is 1. The Kier molecular flexibility index (Phi) is 6.12. The van der Waals surface area contributed by atoms with E-state index in [1.54, 1.807) is 0 Å². The highest BCUT2D eigenvalue weighted by atomic mass is 16.5. The van der Waals surface area contributed by atoms with Crippen molar-refractivity contribution >= 4 is 16.9 Å². The molecule has 1 aromatic heterocycles. The zero-order valence-corrected chi connectivity index (χ0v) is 16.2. The van der Waals surface area contributed by atoms with Gasteiger partial charge in [0.05, 0.1) is 23.7 Å². The Hall–Kier alpha value is -2.82.